The normalized spacial score (nSPS) is 12.4. The van der Waals surface area contributed by atoms with Gasteiger partial charge in [-0.1, -0.05) is 55.0 Å². The van der Waals surface area contributed by atoms with E-state index in [9.17, 15) is 0 Å². The van der Waals surface area contributed by atoms with E-state index < -0.39 is 0 Å². The third kappa shape index (κ3) is 4.18. The van der Waals surface area contributed by atoms with Crippen molar-refractivity contribution in [2.45, 2.75) is 46.6 Å². The van der Waals surface area contributed by atoms with Crippen LogP contribution < -0.4 is 5.32 Å². The quantitative estimate of drug-likeness (QED) is 0.794. The maximum atomic E-state index is 3.72. The molecular weight excluding hydrogens is 254 g/mol. The van der Waals surface area contributed by atoms with Crippen molar-refractivity contribution < 1.29 is 0 Å². The predicted octanol–water partition coefficient (Wildman–Crippen LogP) is 4.90. The van der Waals surface area contributed by atoms with Gasteiger partial charge in [0.2, 0.25) is 0 Å². The first-order chi connectivity index (χ1) is 10.1. The van der Waals surface area contributed by atoms with Gasteiger partial charge in [-0.2, -0.15) is 0 Å². The molecule has 2 aromatic carbocycles. The Hall–Kier alpha value is -1.60. The van der Waals surface area contributed by atoms with Gasteiger partial charge in [0.1, 0.15) is 0 Å². The number of aryl methyl sites for hydroxylation is 3. The van der Waals surface area contributed by atoms with Crippen LogP contribution in [0.3, 0.4) is 0 Å². The summed E-state index contributed by atoms with van der Waals surface area (Å²) >= 11 is 0. The molecule has 0 bridgehead atoms. The molecule has 0 aromatic heterocycles. The molecule has 0 aliphatic rings. The molecule has 2 rings (SSSR count). The van der Waals surface area contributed by atoms with Crippen LogP contribution in [0.15, 0.2) is 42.5 Å². The summed E-state index contributed by atoms with van der Waals surface area (Å²) in [7, 11) is 0. The van der Waals surface area contributed by atoms with Crippen molar-refractivity contribution in [3.05, 3.63) is 70.3 Å². The summed E-state index contributed by atoms with van der Waals surface area (Å²) in [6.07, 6.45) is 2.22. The number of rotatable bonds is 6. The Kier molecular flexibility index (Phi) is 5.58. The molecule has 0 radical (unpaired) electrons. The lowest BCUT2D eigenvalue weighted by Gasteiger charge is -2.22. The van der Waals surface area contributed by atoms with Crippen LogP contribution >= 0.6 is 0 Å². The van der Waals surface area contributed by atoms with Crippen LogP contribution in [0.2, 0.25) is 0 Å². The minimum absolute atomic E-state index is 0.395. The van der Waals surface area contributed by atoms with Gasteiger partial charge in [-0.3, -0.25) is 0 Å². The van der Waals surface area contributed by atoms with Crippen LogP contribution in [-0.4, -0.2) is 6.54 Å². The van der Waals surface area contributed by atoms with Gasteiger partial charge in [0.25, 0.3) is 0 Å². The van der Waals surface area contributed by atoms with Crippen LogP contribution in [0.1, 0.15) is 47.2 Å². The van der Waals surface area contributed by atoms with E-state index in [0.29, 0.717) is 6.04 Å². The SMILES string of the molecule is CCCNC(Cc1cc(C)ccc1C)c1ccccc1C. The summed E-state index contributed by atoms with van der Waals surface area (Å²) in [5.74, 6) is 0. The maximum Gasteiger partial charge on any atom is 0.0363 e. The highest BCUT2D eigenvalue weighted by molar-refractivity contribution is 5.35. The number of hydrogen-bond donors (Lipinski definition) is 1. The van der Waals surface area contributed by atoms with E-state index in [1.165, 1.54) is 27.8 Å². The van der Waals surface area contributed by atoms with Crippen LogP contribution in [-0.2, 0) is 6.42 Å². The summed E-state index contributed by atoms with van der Waals surface area (Å²) in [5, 5.41) is 3.72. The highest BCUT2D eigenvalue weighted by Gasteiger charge is 2.14. The Morgan fingerprint density at radius 1 is 0.952 bits per heavy atom. The molecule has 0 saturated heterocycles. The fraction of sp³-hybridized carbons (Fsp3) is 0.400. The van der Waals surface area contributed by atoms with E-state index in [2.05, 4.69) is 75.5 Å². The smallest absolute Gasteiger partial charge is 0.0363 e. The summed E-state index contributed by atoms with van der Waals surface area (Å²) in [4.78, 5) is 0. The molecule has 1 unspecified atom stereocenters. The fourth-order valence-electron chi connectivity index (χ4n) is 2.83. The maximum absolute atomic E-state index is 3.72. The minimum atomic E-state index is 0.395. The first-order valence-corrected chi connectivity index (χ1v) is 7.97. The van der Waals surface area contributed by atoms with Gasteiger partial charge in [0, 0.05) is 6.04 Å². The molecule has 0 aliphatic carbocycles. The number of hydrogen-bond acceptors (Lipinski definition) is 1. The number of benzene rings is 2. The molecule has 0 heterocycles. The molecule has 21 heavy (non-hydrogen) atoms. The molecule has 112 valence electrons. The second-order valence-electron chi connectivity index (χ2n) is 6.00. The second-order valence-corrected chi connectivity index (χ2v) is 6.00. The van der Waals surface area contributed by atoms with Crippen molar-refractivity contribution in [2.75, 3.05) is 6.54 Å². The first-order valence-electron chi connectivity index (χ1n) is 7.97. The average Bonchev–Trinajstić information content (AvgIpc) is 2.48. The van der Waals surface area contributed by atoms with Gasteiger partial charge in [0.05, 0.1) is 0 Å². The number of nitrogens with one attached hydrogen (secondary N) is 1. The van der Waals surface area contributed by atoms with Crippen LogP contribution in [0.4, 0.5) is 0 Å². The third-order valence-electron chi connectivity index (χ3n) is 4.13. The zero-order chi connectivity index (χ0) is 15.2. The van der Waals surface area contributed by atoms with E-state index in [0.717, 1.165) is 19.4 Å². The Balaban J connectivity index is 2.28. The van der Waals surface area contributed by atoms with Gasteiger partial charge in [-0.25, -0.2) is 0 Å². The molecule has 0 fully saturated rings. The van der Waals surface area contributed by atoms with Crippen molar-refractivity contribution in [1.82, 2.24) is 5.32 Å². The van der Waals surface area contributed by atoms with Crippen LogP contribution in [0.5, 0.6) is 0 Å². The molecule has 1 heteroatoms. The Bertz CT molecular complexity index is 586. The highest BCUT2D eigenvalue weighted by Crippen LogP contribution is 2.24. The molecule has 1 atom stereocenters. The van der Waals surface area contributed by atoms with Crippen molar-refractivity contribution in [2.24, 2.45) is 0 Å². The van der Waals surface area contributed by atoms with Gasteiger partial charge in [0.15, 0.2) is 0 Å². The molecule has 1 N–H and O–H groups in total. The molecule has 0 saturated carbocycles. The Morgan fingerprint density at radius 3 is 2.43 bits per heavy atom. The van der Waals surface area contributed by atoms with Gasteiger partial charge in [-0.15, -0.1) is 0 Å². The van der Waals surface area contributed by atoms with Gasteiger partial charge >= 0.3 is 0 Å². The molecule has 0 spiro atoms. The van der Waals surface area contributed by atoms with E-state index in [-0.39, 0.29) is 0 Å². The molecule has 1 nitrogen and oxygen atoms in total. The third-order valence-corrected chi connectivity index (χ3v) is 4.13. The summed E-state index contributed by atoms with van der Waals surface area (Å²) < 4.78 is 0. The lowest BCUT2D eigenvalue weighted by atomic mass is 9.92. The van der Waals surface area contributed by atoms with Crippen molar-refractivity contribution in [3.8, 4) is 0 Å². The molecule has 0 aliphatic heterocycles. The van der Waals surface area contributed by atoms with Gasteiger partial charge in [-0.05, 0) is 62.4 Å². The highest BCUT2D eigenvalue weighted by atomic mass is 14.9. The van der Waals surface area contributed by atoms with Crippen molar-refractivity contribution >= 4 is 0 Å². The van der Waals surface area contributed by atoms with Gasteiger partial charge < -0.3 is 5.32 Å². The summed E-state index contributed by atoms with van der Waals surface area (Å²) in [5.41, 5.74) is 6.97. The fourth-order valence-corrected chi connectivity index (χ4v) is 2.83. The lowest BCUT2D eigenvalue weighted by molar-refractivity contribution is 0.526. The Labute approximate surface area is 129 Å². The van der Waals surface area contributed by atoms with Crippen molar-refractivity contribution in [3.63, 3.8) is 0 Å². The van der Waals surface area contributed by atoms with E-state index >= 15 is 0 Å². The second kappa shape index (κ2) is 7.42. The van der Waals surface area contributed by atoms with E-state index in [1.807, 2.05) is 0 Å². The zero-order valence-corrected chi connectivity index (χ0v) is 13.7. The minimum Gasteiger partial charge on any atom is -0.310 e. The van der Waals surface area contributed by atoms with Crippen LogP contribution in [0, 0.1) is 20.8 Å². The molecular formula is C20H27N. The van der Waals surface area contributed by atoms with Crippen molar-refractivity contribution in [1.29, 1.82) is 0 Å². The summed E-state index contributed by atoms with van der Waals surface area (Å²) in [6, 6.07) is 15.9. The zero-order valence-electron chi connectivity index (χ0n) is 13.7. The Morgan fingerprint density at radius 2 is 1.71 bits per heavy atom. The van der Waals surface area contributed by atoms with E-state index in [1.54, 1.807) is 0 Å². The molecule has 0 amide bonds. The first kappa shape index (κ1) is 15.8. The molecule has 2 aromatic rings. The average molecular weight is 281 g/mol. The summed E-state index contributed by atoms with van der Waals surface area (Å²) in [6.45, 7) is 9.87. The largest absolute Gasteiger partial charge is 0.310 e. The standard InChI is InChI=1S/C20H27N/c1-5-12-21-20(19-9-7-6-8-17(19)4)14-18-13-15(2)10-11-16(18)3/h6-11,13,20-21H,5,12,14H2,1-4H3. The lowest BCUT2D eigenvalue weighted by Crippen LogP contribution is -2.25. The predicted molar refractivity (Wildman–Crippen MR) is 91.8 cm³/mol. The van der Waals surface area contributed by atoms with Crippen LogP contribution in [0.25, 0.3) is 0 Å². The van der Waals surface area contributed by atoms with E-state index in [4.69, 9.17) is 0 Å². The topological polar surface area (TPSA) is 12.0 Å². The monoisotopic (exact) mass is 281 g/mol.